The number of aromatic hydroxyl groups is 1. The highest BCUT2D eigenvalue weighted by molar-refractivity contribution is 5.83. The lowest BCUT2D eigenvalue weighted by Gasteiger charge is -2.32. The molecule has 1 saturated heterocycles. The first kappa shape index (κ1) is 24.1. The van der Waals surface area contributed by atoms with E-state index in [1.54, 1.807) is 12.1 Å². The summed E-state index contributed by atoms with van der Waals surface area (Å²) in [6.07, 6.45) is -4.33. The van der Waals surface area contributed by atoms with Crippen LogP contribution in [0.15, 0.2) is 45.6 Å². The first-order valence-corrected chi connectivity index (χ1v) is 11.2. The Kier molecular flexibility index (Phi) is 6.60. The molecule has 2 atom stereocenters. The number of halogens is 3. The van der Waals surface area contributed by atoms with E-state index in [1.807, 2.05) is 20.8 Å². The first-order valence-electron chi connectivity index (χ1n) is 11.2. The number of aryl methyl sites for hydroxylation is 1. The molecule has 0 radical (unpaired) electrons. The van der Waals surface area contributed by atoms with Crippen molar-refractivity contribution >= 4 is 11.0 Å². The van der Waals surface area contributed by atoms with E-state index < -0.39 is 23.1 Å². The predicted octanol–water partition coefficient (Wildman–Crippen LogP) is 4.06. The minimum atomic E-state index is -4.98. The zero-order valence-corrected chi connectivity index (χ0v) is 19.2. The number of phenols is 1. The number of hydrogen-bond acceptors (Lipinski definition) is 5. The lowest BCUT2D eigenvalue weighted by atomic mass is 10.1. The first-order chi connectivity index (χ1) is 16.1. The van der Waals surface area contributed by atoms with Gasteiger partial charge in [0.25, 0.3) is 5.76 Å². The molecule has 2 heterocycles. The Labute approximate surface area is 194 Å². The van der Waals surface area contributed by atoms with Gasteiger partial charge < -0.3 is 23.9 Å². The van der Waals surface area contributed by atoms with E-state index in [-0.39, 0.29) is 46.8 Å². The number of fused-ring (bicyclic) bond motifs is 1. The summed E-state index contributed by atoms with van der Waals surface area (Å²) < 4.78 is 58.4. The summed E-state index contributed by atoms with van der Waals surface area (Å²) in [6.45, 7) is 7.16. The Morgan fingerprint density at radius 1 is 1.09 bits per heavy atom. The lowest BCUT2D eigenvalue weighted by Crippen LogP contribution is -3.14. The van der Waals surface area contributed by atoms with Crippen LogP contribution in [0, 0.1) is 0 Å². The molecule has 1 aromatic heterocycles. The van der Waals surface area contributed by atoms with Crippen LogP contribution in [0.3, 0.4) is 0 Å². The van der Waals surface area contributed by atoms with Crippen molar-refractivity contribution in [3.05, 3.63) is 63.5 Å². The number of nitrogens with one attached hydrogen (secondary N) is 1. The van der Waals surface area contributed by atoms with Gasteiger partial charge in [0.2, 0.25) is 11.2 Å². The van der Waals surface area contributed by atoms with Crippen molar-refractivity contribution in [2.45, 2.75) is 52.1 Å². The van der Waals surface area contributed by atoms with Crippen LogP contribution in [0.1, 0.15) is 37.7 Å². The molecule has 1 fully saturated rings. The Bertz CT molecular complexity index is 1230. The Morgan fingerprint density at radius 2 is 1.74 bits per heavy atom. The number of benzene rings is 2. The highest BCUT2D eigenvalue weighted by atomic mass is 19.4. The molecule has 3 aromatic rings. The maximum absolute atomic E-state index is 14.0. The maximum Gasteiger partial charge on any atom is 0.453 e. The van der Waals surface area contributed by atoms with Crippen LogP contribution in [0.4, 0.5) is 13.2 Å². The Morgan fingerprint density at radius 3 is 2.32 bits per heavy atom. The van der Waals surface area contributed by atoms with Crippen LogP contribution in [-0.2, 0) is 23.9 Å². The number of rotatable bonds is 5. The highest BCUT2D eigenvalue weighted by Gasteiger charge is 2.41. The van der Waals surface area contributed by atoms with E-state index in [0.717, 1.165) is 16.9 Å². The monoisotopic (exact) mass is 478 g/mol. The molecule has 0 spiro atoms. The van der Waals surface area contributed by atoms with Gasteiger partial charge in [0, 0.05) is 0 Å². The second kappa shape index (κ2) is 9.31. The smallest absolute Gasteiger partial charge is 0.453 e. The largest absolute Gasteiger partial charge is 0.507 e. The Balaban J connectivity index is 1.82. The van der Waals surface area contributed by atoms with E-state index >= 15 is 0 Å². The zero-order chi connectivity index (χ0) is 24.6. The van der Waals surface area contributed by atoms with Gasteiger partial charge in [0.15, 0.2) is 5.58 Å². The summed E-state index contributed by atoms with van der Waals surface area (Å²) >= 11 is 0. The van der Waals surface area contributed by atoms with Crippen molar-refractivity contribution in [1.29, 1.82) is 0 Å². The molecule has 34 heavy (non-hydrogen) atoms. The van der Waals surface area contributed by atoms with Gasteiger partial charge in [-0.15, -0.1) is 0 Å². The number of phenolic OH excluding ortho intramolecular Hbond substituents is 1. The van der Waals surface area contributed by atoms with Crippen LogP contribution in [0.25, 0.3) is 11.0 Å². The van der Waals surface area contributed by atoms with Crippen molar-refractivity contribution in [1.82, 2.24) is 0 Å². The van der Waals surface area contributed by atoms with E-state index in [0.29, 0.717) is 13.1 Å². The average Bonchev–Trinajstić information content (AvgIpc) is 2.76. The summed E-state index contributed by atoms with van der Waals surface area (Å²) in [5.74, 6) is -2.60. The summed E-state index contributed by atoms with van der Waals surface area (Å²) in [5.41, 5.74) is -0.114. The van der Waals surface area contributed by atoms with Gasteiger partial charge in [-0.2, -0.15) is 13.2 Å². The van der Waals surface area contributed by atoms with Crippen molar-refractivity contribution in [2.75, 3.05) is 13.1 Å². The molecule has 9 heteroatoms. The third-order valence-corrected chi connectivity index (χ3v) is 5.95. The number of morpholine rings is 1. The zero-order valence-electron chi connectivity index (χ0n) is 19.2. The fraction of sp³-hybridized carbons (Fsp3) is 0.400. The minimum absolute atomic E-state index is 0.0484. The highest BCUT2D eigenvalue weighted by Crippen LogP contribution is 2.39. The van der Waals surface area contributed by atoms with Gasteiger partial charge in [-0.3, -0.25) is 4.79 Å². The molecule has 2 N–H and O–H groups in total. The van der Waals surface area contributed by atoms with Gasteiger partial charge in [0.05, 0.1) is 10.9 Å². The number of alkyl halides is 3. The standard InChI is InChI=1S/C25H26F3NO5/c1-4-16-5-7-17(8-6-16)33-23-21(31)18-9-10-20(30)19(22(18)34-24(23)25(26,27)28)13-29-11-14(2)32-15(3)12-29/h5-10,14-15,30H,4,11-13H2,1-3H3/p+1. The maximum atomic E-state index is 14.0. The Hall–Kier alpha value is -3.04. The molecule has 1 aliphatic rings. The molecule has 4 rings (SSSR count). The van der Waals surface area contributed by atoms with Gasteiger partial charge >= 0.3 is 6.18 Å². The summed E-state index contributed by atoms with van der Waals surface area (Å²) in [6, 6.07) is 9.01. The number of hydrogen-bond donors (Lipinski definition) is 2. The lowest BCUT2D eigenvalue weighted by molar-refractivity contribution is -0.928. The molecule has 0 bridgehead atoms. The SMILES string of the molecule is CCc1ccc(Oc2c(C(F)(F)F)oc3c(C[NH+]4CC(C)OC(C)C4)c(O)ccc3c2=O)cc1. The minimum Gasteiger partial charge on any atom is -0.507 e. The van der Waals surface area contributed by atoms with E-state index in [4.69, 9.17) is 13.9 Å². The second-order valence-corrected chi connectivity index (χ2v) is 8.72. The molecule has 1 aliphatic heterocycles. The molecule has 2 aromatic carbocycles. The average molecular weight is 478 g/mol. The van der Waals surface area contributed by atoms with Gasteiger partial charge in [-0.05, 0) is 50.1 Å². The predicted molar refractivity (Wildman–Crippen MR) is 119 cm³/mol. The second-order valence-electron chi connectivity index (χ2n) is 8.72. The van der Waals surface area contributed by atoms with Crippen molar-refractivity contribution in [2.24, 2.45) is 0 Å². The molecule has 0 aliphatic carbocycles. The number of ether oxygens (including phenoxy) is 2. The third kappa shape index (κ3) is 4.90. The van der Waals surface area contributed by atoms with Crippen LogP contribution in [0.5, 0.6) is 17.2 Å². The number of quaternary nitrogens is 1. The quantitative estimate of drug-likeness (QED) is 0.579. The van der Waals surface area contributed by atoms with E-state index in [9.17, 15) is 23.1 Å². The van der Waals surface area contributed by atoms with Gasteiger partial charge in [-0.25, -0.2) is 0 Å². The van der Waals surface area contributed by atoms with Crippen LogP contribution in [0.2, 0.25) is 0 Å². The molecule has 182 valence electrons. The van der Waals surface area contributed by atoms with Crippen LogP contribution >= 0.6 is 0 Å². The van der Waals surface area contributed by atoms with Gasteiger partial charge in [0.1, 0.15) is 43.3 Å². The molecule has 2 unspecified atom stereocenters. The van der Waals surface area contributed by atoms with E-state index in [2.05, 4.69) is 0 Å². The third-order valence-electron chi connectivity index (χ3n) is 5.95. The molecule has 0 amide bonds. The van der Waals surface area contributed by atoms with Crippen LogP contribution < -0.4 is 15.1 Å². The molecular weight excluding hydrogens is 451 g/mol. The molecule has 0 saturated carbocycles. The topological polar surface area (TPSA) is 73.3 Å². The summed E-state index contributed by atoms with van der Waals surface area (Å²) in [7, 11) is 0. The van der Waals surface area contributed by atoms with Crippen molar-refractivity contribution < 1.29 is 37.1 Å². The molecule has 6 nitrogen and oxygen atoms in total. The van der Waals surface area contributed by atoms with Crippen molar-refractivity contribution in [3.63, 3.8) is 0 Å². The van der Waals surface area contributed by atoms with Crippen LogP contribution in [-0.4, -0.2) is 30.4 Å². The molecular formula is C25H27F3NO5+. The van der Waals surface area contributed by atoms with Crippen molar-refractivity contribution in [3.8, 4) is 17.2 Å². The fourth-order valence-electron chi connectivity index (χ4n) is 4.43. The normalized spacial score (nSPS) is 21.1. The summed E-state index contributed by atoms with van der Waals surface area (Å²) in [4.78, 5) is 14.2. The fourth-order valence-corrected chi connectivity index (χ4v) is 4.43. The summed E-state index contributed by atoms with van der Waals surface area (Å²) in [5, 5.41) is 10.4. The van der Waals surface area contributed by atoms with E-state index in [1.165, 1.54) is 24.3 Å². The van der Waals surface area contributed by atoms with Gasteiger partial charge in [-0.1, -0.05) is 19.1 Å².